The SMILES string of the molecule is CC1CN(c2n[nH]c(-c3c(O)cccc3F)n2)CCN1. The lowest BCUT2D eigenvalue weighted by Gasteiger charge is -2.30. The Balaban J connectivity index is 1.90. The van der Waals surface area contributed by atoms with Crippen LogP contribution in [0.25, 0.3) is 11.4 Å². The Morgan fingerprint density at radius 3 is 3.05 bits per heavy atom. The number of phenols is 1. The summed E-state index contributed by atoms with van der Waals surface area (Å²) < 4.78 is 13.8. The molecule has 7 heteroatoms. The predicted molar refractivity (Wildman–Crippen MR) is 73.1 cm³/mol. The Hall–Kier alpha value is -2.15. The summed E-state index contributed by atoms with van der Waals surface area (Å²) in [5, 5.41) is 19.9. The number of aromatic hydroxyl groups is 1. The highest BCUT2D eigenvalue weighted by Gasteiger charge is 2.21. The van der Waals surface area contributed by atoms with Crippen LogP contribution in [0.15, 0.2) is 18.2 Å². The molecule has 1 atom stereocenters. The van der Waals surface area contributed by atoms with Crippen molar-refractivity contribution in [1.82, 2.24) is 20.5 Å². The number of anilines is 1. The van der Waals surface area contributed by atoms with E-state index in [1.54, 1.807) is 0 Å². The third kappa shape index (κ3) is 2.32. The quantitative estimate of drug-likeness (QED) is 0.766. The molecule has 1 aliphatic rings. The van der Waals surface area contributed by atoms with Crippen LogP contribution < -0.4 is 10.2 Å². The van der Waals surface area contributed by atoms with Gasteiger partial charge in [0.05, 0.1) is 5.56 Å². The number of hydrogen-bond acceptors (Lipinski definition) is 5. The first-order valence-electron chi connectivity index (χ1n) is 6.53. The van der Waals surface area contributed by atoms with E-state index in [1.165, 1.54) is 18.2 Å². The van der Waals surface area contributed by atoms with E-state index < -0.39 is 5.82 Å². The highest BCUT2D eigenvalue weighted by Crippen LogP contribution is 2.29. The van der Waals surface area contributed by atoms with Gasteiger partial charge in [-0.05, 0) is 19.1 Å². The monoisotopic (exact) mass is 277 g/mol. The molecule has 0 bridgehead atoms. The molecule has 0 saturated carbocycles. The molecule has 0 aliphatic carbocycles. The van der Waals surface area contributed by atoms with Crippen molar-refractivity contribution in [2.75, 3.05) is 24.5 Å². The number of H-pyrrole nitrogens is 1. The second-order valence-electron chi connectivity index (χ2n) is 4.92. The van der Waals surface area contributed by atoms with E-state index >= 15 is 0 Å². The summed E-state index contributed by atoms with van der Waals surface area (Å²) in [6.07, 6.45) is 0. The number of halogens is 1. The number of aromatic nitrogens is 3. The second-order valence-corrected chi connectivity index (χ2v) is 4.92. The summed E-state index contributed by atoms with van der Waals surface area (Å²) in [7, 11) is 0. The van der Waals surface area contributed by atoms with Gasteiger partial charge in [-0.1, -0.05) is 6.07 Å². The highest BCUT2D eigenvalue weighted by atomic mass is 19.1. The van der Waals surface area contributed by atoms with Crippen LogP contribution in [-0.4, -0.2) is 46.0 Å². The zero-order valence-electron chi connectivity index (χ0n) is 11.1. The molecule has 0 spiro atoms. The molecule has 20 heavy (non-hydrogen) atoms. The molecular formula is C13H16FN5O. The molecule has 1 aromatic carbocycles. The fourth-order valence-electron chi connectivity index (χ4n) is 2.37. The molecule has 3 rings (SSSR count). The normalized spacial score (nSPS) is 19.3. The number of piperazine rings is 1. The Morgan fingerprint density at radius 1 is 1.45 bits per heavy atom. The first-order chi connectivity index (χ1) is 9.65. The van der Waals surface area contributed by atoms with Gasteiger partial charge in [0.25, 0.3) is 0 Å². The molecule has 1 aromatic heterocycles. The minimum atomic E-state index is -0.527. The average molecular weight is 277 g/mol. The van der Waals surface area contributed by atoms with Crippen molar-refractivity contribution >= 4 is 5.95 Å². The first kappa shape index (κ1) is 12.9. The van der Waals surface area contributed by atoms with Gasteiger partial charge in [-0.25, -0.2) is 4.39 Å². The lowest BCUT2D eigenvalue weighted by atomic mass is 10.2. The molecule has 0 amide bonds. The van der Waals surface area contributed by atoms with Crippen molar-refractivity contribution in [3.8, 4) is 17.1 Å². The fraction of sp³-hybridized carbons (Fsp3) is 0.385. The number of nitrogens with one attached hydrogen (secondary N) is 2. The first-order valence-corrected chi connectivity index (χ1v) is 6.53. The minimum absolute atomic E-state index is 0.0504. The molecule has 106 valence electrons. The lowest BCUT2D eigenvalue weighted by Crippen LogP contribution is -2.49. The maximum Gasteiger partial charge on any atom is 0.245 e. The third-order valence-corrected chi connectivity index (χ3v) is 3.35. The van der Waals surface area contributed by atoms with E-state index in [0.717, 1.165) is 19.6 Å². The number of nitrogens with zero attached hydrogens (tertiary/aromatic N) is 3. The number of rotatable bonds is 2. The standard InChI is InChI=1S/C13H16FN5O/c1-8-7-19(6-5-15-8)13-16-12(17-18-13)11-9(14)3-2-4-10(11)20/h2-4,8,15,20H,5-7H2,1H3,(H,16,17,18). The molecule has 2 aromatic rings. The van der Waals surface area contributed by atoms with E-state index in [9.17, 15) is 9.50 Å². The van der Waals surface area contributed by atoms with Gasteiger partial charge >= 0.3 is 0 Å². The van der Waals surface area contributed by atoms with Gasteiger partial charge in [-0.2, -0.15) is 4.98 Å². The zero-order valence-corrected chi connectivity index (χ0v) is 11.1. The van der Waals surface area contributed by atoms with Crippen LogP contribution in [0, 0.1) is 5.82 Å². The molecule has 3 N–H and O–H groups in total. The Morgan fingerprint density at radius 2 is 2.30 bits per heavy atom. The van der Waals surface area contributed by atoms with Gasteiger partial charge in [0.1, 0.15) is 11.6 Å². The Labute approximate surface area is 115 Å². The topological polar surface area (TPSA) is 77.1 Å². The van der Waals surface area contributed by atoms with Crippen LogP contribution >= 0.6 is 0 Å². The van der Waals surface area contributed by atoms with Crippen LogP contribution in [0.1, 0.15) is 6.92 Å². The van der Waals surface area contributed by atoms with Crippen molar-refractivity contribution in [2.45, 2.75) is 13.0 Å². The van der Waals surface area contributed by atoms with Crippen molar-refractivity contribution < 1.29 is 9.50 Å². The molecular weight excluding hydrogens is 261 g/mol. The summed E-state index contributed by atoms with van der Waals surface area (Å²) in [6, 6.07) is 4.51. The molecule has 1 aliphatic heterocycles. The second kappa shape index (κ2) is 5.09. The van der Waals surface area contributed by atoms with Crippen molar-refractivity contribution in [3.05, 3.63) is 24.0 Å². The molecule has 1 fully saturated rings. The van der Waals surface area contributed by atoms with Crippen molar-refractivity contribution in [2.24, 2.45) is 0 Å². The van der Waals surface area contributed by atoms with Gasteiger partial charge in [-0.15, -0.1) is 5.10 Å². The Kier molecular flexibility index (Phi) is 3.27. The van der Waals surface area contributed by atoms with Gasteiger partial charge in [0.15, 0.2) is 5.82 Å². The van der Waals surface area contributed by atoms with Crippen LogP contribution in [0.2, 0.25) is 0 Å². The van der Waals surface area contributed by atoms with E-state index in [1.807, 2.05) is 4.90 Å². The minimum Gasteiger partial charge on any atom is -0.507 e. The van der Waals surface area contributed by atoms with Gasteiger partial charge < -0.3 is 15.3 Å². The molecule has 2 heterocycles. The smallest absolute Gasteiger partial charge is 0.245 e. The number of benzene rings is 1. The van der Waals surface area contributed by atoms with E-state index in [-0.39, 0.29) is 17.1 Å². The summed E-state index contributed by atoms with van der Waals surface area (Å²) in [4.78, 5) is 6.32. The van der Waals surface area contributed by atoms with Gasteiger partial charge in [0, 0.05) is 25.7 Å². The van der Waals surface area contributed by atoms with Crippen molar-refractivity contribution in [1.29, 1.82) is 0 Å². The van der Waals surface area contributed by atoms with Crippen LogP contribution in [-0.2, 0) is 0 Å². The summed E-state index contributed by atoms with van der Waals surface area (Å²) >= 11 is 0. The summed E-state index contributed by atoms with van der Waals surface area (Å²) in [5.41, 5.74) is 0.0504. The van der Waals surface area contributed by atoms with Crippen LogP contribution in [0.3, 0.4) is 0 Å². The highest BCUT2D eigenvalue weighted by molar-refractivity contribution is 5.65. The van der Waals surface area contributed by atoms with Crippen LogP contribution in [0.4, 0.5) is 10.3 Å². The van der Waals surface area contributed by atoms with E-state index in [0.29, 0.717) is 12.0 Å². The van der Waals surface area contributed by atoms with Gasteiger partial charge in [-0.3, -0.25) is 5.10 Å². The maximum atomic E-state index is 13.8. The maximum absolute atomic E-state index is 13.8. The number of hydrogen-bond donors (Lipinski definition) is 3. The summed E-state index contributed by atoms with van der Waals surface area (Å²) in [6.45, 7) is 4.53. The van der Waals surface area contributed by atoms with Gasteiger partial charge in [0.2, 0.25) is 5.95 Å². The predicted octanol–water partition coefficient (Wildman–Crippen LogP) is 1.11. The molecule has 6 nitrogen and oxygen atoms in total. The number of aromatic amines is 1. The summed E-state index contributed by atoms with van der Waals surface area (Å²) in [5.74, 6) is 0.0838. The van der Waals surface area contributed by atoms with Crippen molar-refractivity contribution in [3.63, 3.8) is 0 Å². The fourth-order valence-corrected chi connectivity index (χ4v) is 2.37. The molecule has 1 unspecified atom stereocenters. The zero-order chi connectivity index (χ0) is 14.1. The molecule has 1 saturated heterocycles. The molecule has 0 radical (unpaired) electrons. The third-order valence-electron chi connectivity index (χ3n) is 3.35. The van der Waals surface area contributed by atoms with E-state index in [2.05, 4.69) is 27.4 Å². The lowest BCUT2D eigenvalue weighted by molar-refractivity contribution is 0.471. The average Bonchev–Trinajstić information content (AvgIpc) is 2.88. The number of phenolic OH excluding ortho intramolecular Hbond substituents is 1. The van der Waals surface area contributed by atoms with E-state index in [4.69, 9.17) is 0 Å². The van der Waals surface area contributed by atoms with Crippen LogP contribution in [0.5, 0.6) is 5.75 Å². The Bertz CT molecular complexity index is 594. The largest absolute Gasteiger partial charge is 0.507 e.